The number of anilines is 1. The summed E-state index contributed by atoms with van der Waals surface area (Å²) in [6.07, 6.45) is 2.91. The fourth-order valence-corrected chi connectivity index (χ4v) is 1.53. The summed E-state index contributed by atoms with van der Waals surface area (Å²) >= 11 is 0. The largest absolute Gasteiger partial charge is 0.308 e. The summed E-state index contributed by atoms with van der Waals surface area (Å²) in [5.41, 5.74) is 2.89. The highest BCUT2D eigenvalue weighted by Crippen LogP contribution is 2.57. The van der Waals surface area contributed by atoms with Crippen LogP contribution < -0.4 is 11.3 Å². The molecule has 4 nitrogen and oxygen atoms in total. The van der Waals surface area contributed by atoms with Crippen molar-refractivity contribution in [1.82, 2.24) is 9.97 Å². The van der Waals surface area contributed by atoms with E-state index in [1.54, 1.807) is 12.3 Å². The lowest BCUT2D eigenvalue weighted by Gasteiger charge is -2.03. The molecule has 1 atom stereocenters. The number of nitrogen functional groups attached to an aromatic ring is 1. The Kier molecular flexibility index (Phi) is 1.73. The predicted octanol–water partition coefficient (Wildman–Crippen LogP) is 1.28. The van der Waals surface area contributed by atoms with E-state index in [1.807, 2.05) is 0 Å². The van der Waals surface area contributed by atoms with Gasteiger partial charge in [-0.05, 0) is 11.8 Å². The number of nitrogens with two attached hydrogens (primary N) is 1. The summed E-state index contributed by atoms with van der Waals surface area (Å²) < 4.78 is 0. The molecule has 1 aliphatic carbocycles. The molecule has 0 saturated heterocycles. The standard InChI is InChI=1S/C9H14N4/c1-9(2)5-6(9)8-11-4-3-7(12-8)13-10/h3-4,6H,5,10H2,1-2H3,(H,11,12,13). The van der Waals surface area contributed by atoms with E-state index in [0.717, 1.165) is 5.82 Å². The summed E-state index contributed by atoms with van der Waals surface area (Å²) in [5, 5.41) is 0. The second-order valence-corrected chi connectivity index (χ2v) is 4.19. The van der Waals surface area contributed by atoms with E-state index in [4.69, 9.17) is 5.84 Å². The number of nitrogens with zero attached hydrogens (tertiary/aromatic N) is 2. The van der Waals surface area contributed by atoms with Crippen LogP contribution in [-0.2, 0) is 0 Å². The van der Waals surface area contributed by atoms with Gasteiger partial charge in [0.25, 0.3) is 0 Å². The van der Waals surface area contributed by atoms with Crippen molar-refractivity contribution in [3.05, 3.63) is 18.1 Å². The summed E-state index contributed by atoms with van der Waals surface area (Å²) in [6.45, 7) is 4.45. The molecule has 1 heterocycles. The van der Waals surface area contributed by atoms with Gasteiger partial charge in [-0.15, -0.1) is 0 Å². The molecule has 0 bridgehead atoms. The van der Waals surface area contributed by atoms with E-state index in [1.165, 1.54) is 6.42 Å². The molecule has 1 saturated carbocycles. The Morgan fingerprint density at radius 2 is 2.31 bits per heavy atom. The zero-order valence-electron chi connectivity index (χ0n) is 7.91. The van der Waals surface area contributed by atoms with Crippen molar-refractivity contribution in [2.45, 2.75) is 26.2 Å². The van der Waals surface area contributed by atoms with Crippen LogP contribution in [-0.4, -0.2) is 9.97 Å². The van der Waals surface area contributed by atoms with Gasteiger partial charge in [0.1, 0.15) is 11.6 Å². The van der Waals surface area contributed by atoms with Gasteiger partial charge >= 0.3 is 0 Å². The normalized spacial score (nSPS) is 24.1. The monoisotopic (exact) mass is 178 g/mol. The highest BCUT2D eigenvalue weighted by molar-refractivity contribution is 5.32. The lowest BCUT2D eigenvalue weighted by atomic mass is 10.1. The van der Waals surface area contributed by atoms with Crippen LogP contribution in [0.3, 0.4) is 0 Å². The van der Waals surface area contributed by atoms with Crippen molar-refractivity contribution in [3.63, 3.8) is 0 Å². The summed E-state index contributed by atoms with van der Waals surface area (Å²) in [5.74, 6) is 7.36. The lowest BCUT2D eigenvalue weighted by molar-refractivity contribution is 0.608. The van der Waals surface area contributed by atoms with Gasteiger partial charge in [0, 0.05) is 18.2 Å². The van der Waals surface area contributed by atoms with Crippen molar-refractivity contribution >= 4 is 5.82 Å². The SMILES string of the molecule is CC1(C)CC1c1nccc(NN)n1. The molecule has 1 unspecified atom stereocenters. The minimum atomic E-state index is 0.368. The van der Waals surface area contributed by atoms with E-state index >= 15 is 0 Å². The first-order chi connectivity index (χ1) is 6.13. The molecular formula is C9H14N4. The van der Waals surface area contributed by atoms with Crippen LogP contribution in [0.2, 0.25) is 0 Å². The van der Waals surface area contributed by atoms with Gasteiger partial charge in [-0.1, -0.05) is 13.8 Å². The van der Waals surface area contributed by atoms with Gasteiger partial charge in [-0.2, -0.15) is 0 Å². The molecule has 0 aromatic carbocycles. The third-order valence-electron chi connectivity index (χ3n) is 2.65. The Bertz CT molecular complexity index is 321. The Morgan fingerprint density at radius 1 is 1.62 bits per heavy atom. The predicted molar refractivity (Wildman–Crippen MR) is 51.0 cm³/mol. The molecule has 0 spiro atoms. The van der Waals surface area contributed by atoms with Crippen LogP contribution in [0.5, 0.6) is 0 Å². The van der Waals surface area contributed by atoms with E-state index in [9.17, 15) is 0 Å². The number of hydrogen-bond donors (Lipinski definition) is 2. The van der Waals surface area contributed by atoms with Crippen molar-refractivity contribution in [2.75, 3.05) is 5.43 Å². The average molecular weight is 178 g/mol. The number of aromatic nitrogens is 2. The Morgan fingerprint density at radius 3 is 2.85 bits per heavy atom. The number of nitrogens with one attached hydrogen (secondary N) is 1. The summed E-state index contributed by atoms with van der Waals surface area (Å²) in [7, 11) is 0. The van der Waals surface area contributed by atoms with E-state index in [0.29, 0.717) is 17.2 Å². The van der Waals surface area contributed by atoms with E-state index in [2.05, 4.69) is 29.2 Å². The van der Waals surface area contributed by atoms with E-state index in [-0.39, 0.29) is 0 Å². The topological polar surface area (TPSA) is 63.8 Å². The van der Waals surface area contributed by atoms with Crippen LogP contribution in [0, 0.1) is 5.41 Å². The second kappa shape index (κ2) is 2.67. The first kappa shape index (κ1) is 8.44. The number of hydrogen-bond acceptors (Lipinski definition) is 4. The van der Waals surface area contributed by atoms with Gasteiger partial charge in [-0.3, -0.25) is 0 Å². The summed E-state index contributed by atoms with van der Waals surface area (Å²) in [6, 6.07) is 1.76. The van der Waals surface area contributed by atoms with Crippen LogP contribution in [0.15, 0.2) is 12.3 Å². The highest BCUT2D eigenvalue weighted by Gasteiger charge is 2.48. The Balaban J connectivity index is 2.23. The van der Waals surface area contributed by atoms with Gasteiger partial charge < -0.3 is 5.43 Å². The molecule has 1 aliphatic rings. The van der Waals surface area contributed by atoms with Crippen molar-refractivity contribution in [1.29, 1.82) is 0 Å². The third-order valence-corrected chi connectivity index (χ3v) is 2.65. The fraction of sp³-hybridized carbons (Fsp3) is 0.556. The maximum absolute atomic E-state index is 5.27. The molecule has 4 heteroatoms. The van der Waals surface area contributed by atoms with Gasteiger partial charge in [0.15, 0.2) is 0 Å². The van der Waals surface area contributed by atoms with Gasteiger partial charge in [0.2, 0.25) is 0 Å². The van der Waals surface area contributed by atoms with Gasteiger partial charge in [0.05, 0.1) is 0 Å². The molecule has 0 aliphatic heterocycles. The molecular weight excluding hydrogens is 164 g/mol. The molecule has 1 aromatic rings. The van der Waals surface area contributed by atoms with Crippen LogP contribution in [0.1, 0.15) is 32.0 Å². The zero-order valence-corrected chi connectivity index (χ0v) is 7.91. The van der Waals surface area contributed by atoms with Crippen LogP contribution in [0.4, 0.5) is 5.82 Å². The molecule has 1 fully saturated rings. The molecule has 3 N–H and O–H groups in total. The molecule has 70 valence electrons. The molecule has 0 radical (unpaired) electrons. The zero-order chi connectivity index (χ0) is 9.47. The maximum atomic E-state index is 5.27. The molecule has 1 aromatic heterocycles. The van der Waals surface area contributed by atoms with E-state index < -0.39 is 0 Å². The number of rotatable bonds is 2. The first-order valence-corrected chi connectivity index (χ1v) is 4.43. The first-order valence-electron chi connectivity index (χ1n) is 4.43. The molecule has 0 amide bonds. The Labute approximate surface area is 77.5 Å². The third kappa shape index (κ3) is 1.49. The number of hydrazine groups is 1. The Hall–Kier alpha value is -1.16. The molecule has 2 rings (SSSR count). The van der Waals surface area contributed by atoms with Gasteiger partial charge in [-0.25, -0.2) is 15.8 Å². The smallest absolute Gasteiger partial charge is 0.143 e. The highest BCUT2D eigenvalue weighted by atomic mass is 15.3. The van der Waals surface area contributed by atoms with Crippen LogP contribution >= 0.6 is 0 Å². The quantitative estimate of drug-likeness (QED) is 0.529. The van der Waals surface area contributed by atoms with Crippen molar-refractivity contribution in [2.24, 2.45) is 11.3 Å². The minimum absolute atomic E-state index is 0.368. The summed E-state index contributed by atoms with van der Waals surface area (Å²) in [4.78, 5) is 8.54. The maximum Gasteiger partial charge on any atom is 0.143 e. The average Bonchev–Trinajstić information content (AvgIpc) is 2.76. The van der Waals surface area contributed by atoms with Crippen molar-refractivity contribution in [3.8, 4) is 0 Å². The second-order valence-electron chi connectivity index (χ2n) is 4.19. The fourth-order valence-electron chi connectivity index (χ4n) is 1.53. The van der Waals surface area contributed by atoms with Crippen molar-refractivity contribution < 1.29 is 0 Å². The minimum Gasteiger partial charge on any atom is -0.308 e. The van der Waals surface area contributed by atoms with Crippen LogP contribution in [0.25, 0.3) is 0 Å². The molecule has 13 heavy (non-hydrogen) atoms. The lowest BCUT2D eigenvalue weighted by Crippen LogP contribution is -2.10.